The van der Waals surface area contributed by atoms with Gasteiger partial charge in [-0.3, -0.25) is 14.4 Å². The third-order valence-electron chi connectivity index (χ3n) is 3.29. The Morgan fingerprint density at radius 3 is 2.58 bits per heavy atom. The molecule has 0 atom stereocenters. The molecule has 0 saturated heterocycles. The Morgan fingerprint density at radius 2 is 1.88 bits per heavy atom. The number of carbonyl (C=O) groups excluding carboxylic acids is 3. The van der Waals surface area contributed by atoms with E-state index in [-0.39, 0.29) is 30.7 Å². The van der Waals surface area contributed by atoms with E-state index < -0.39 is 0 Å². The van der Waals surface area contributed by atoms with Crippen molar-refractivity contribution in [3.8, 4) is 0 Å². The molecule has 0 unspecified atom stereocenters. The van der Waals surface area contributed by atoms with Crippen LogP contribution < -0.4 is 16.0 Å². The van der Waals surface area contributed by atoms with Gasteiger partial charge in [-0.2, -0.15) is 0 Å². The molecule has 126 valence electrons. The van der Waals surface area contributed by atoms with Crippen LogP contribution in [0, 0.1) is 0 Å². The summed E-state index contributed by atoms with van der Waals surface area (Å²) in [5, 5.41) is 9.86. The topological polar surface area (TPSA) is 87.3 Å². The highest BCUT2D eigenvalue weighted by molar-refractivity contribution is 7.12. The quantitative estimate of drug-likeness (QED) is 0.711. The van der Waals surface area contributed by atoms with Crippen LogP contribution in [0.15, 0.2) is 41.8 Å². The van der Waals surface area contributed by atoms with E-state index in [2.05, 4.69) is 16.0 Å². The van der Waals surface area contributed by atoms with Crippen molar-refractivity contribution < 1.29 is 14.4 Å². The number of hydrogen-bond acceptors (Lipinski definition) is 4. The third-order valence-corrected chi connectivity index (χ3v) is 4.16. The second kappa shape index (κ2) is 8.83. The standard InChI is InChI=1S/C17H19N3O3S/c1-18-16(22)13-5-2-4-12(10-13)11-20-15(21)7-8-19-17(23)14-6-3-9-24-14/h2-6,9-10H,7-8,11H2,1H3,(H,18,22)(H,19,23)(H,20,21). The summed E-state index contributed by atoms with van der Waals surface area (Å²) < 4.78 is 0. The molecule has 2 rings (SSSR count). The summed E-state index contributed by atoms with van der Waals surface area (Å²) in [4.78, 5) is 35.7. The molecule has 1 heterocycles. The Bertz CT molecular complexity index is 714. The predicted octanol–water partition coefficient (Wildman–Crippen LogP) is 1.54. The number of thiophene rings is 1. The van der Waals surface area contributed by atoms with Crippen molar-refractivity contribution in [3.05, 3.63) is 57.8 Å². The average molecular weight is 345 g/mol. The molecule has 0 fully saturated rings. The lowest BCUT2D eigenvalue weighted by Gasteiger charge is -2.07. The summed E-state index contributed by atoms with van der Waals surface area (Å²) in [6, 6.07) is 10.6. The molecule has 24 heavy (non-hydrogen) atoms. The smallest absolute Gasteiger partial charge is 0.261 e. The van der Waals surface area contributed by atoms with Crippen molar-refractivity contribution in [2.24, 2.45) is 0 Å². The second-order valence-electron chi connectivity index (χ2n) is 5.04. The number of rotatable bonds is 7. The molecule has 0 bridgehead atoms. The first-order valence-electron chi connectivity index (χ1n) is 7.49. The Morgan fingerprint density at radius 1 is 1.04 bits per heavy atom. The molecule has 0 spiro atoms. The van der Waals surface area contributed by atoms with Gasteiger partial charge < -0.3 is 16.0 Å². The molecule has 0 aliphatic carbocycles. The van der Waals surface area contributed by atoms with E-state index in [4.69, 9.17) is 0 Å². The summed E-state index contributed by atoms with van der Waals surface area (Å²) in [7, 11) is 1.57. The Hall–Kier alpha value is -2.67. The zero-order valence-corrected chi connectivity index (χ0v) is 14.1. The normalized spacial score (nSPS) is 10.0. The zero-order chi connectivity index (χ0) is 17.4. The fourth-order valence-electron chi connectivity index (χ4n) is 2.04. The van der Waals surface area contributed by atoms with Crippen molar-refractivity contribution in [2.45, 2.75) is 13.0 Å². The lowest BCUT2D eigenvalue weighted by molar-refractivity contribution is -0.121. The van der Waals surface area contributed by atoms with Gasteiger partial charge in [-0.15, -0.1) is 11.3 Å². The van der Waals surface area contributed by atoms with E-state index in [1.165, 1.54) is 11.3 Å². The van der Waals surface area contributed by atoms with E-state index in [0.717, 1.165) is 5.56 Å². The van der Waals surface area contributed by atoms with Gasteiger partial charge in [0.1, 0.15) is 0 Å². The summed E-state index contributed by atoms with van der Waals surface area (Å²) in [6.45, 7) is 0.614. The van der Waals surface area contributed by atoms with Crippen molar-refractivity contribution in [2.75, 3.05) is 13.6 Å². The van der Waals surface area contributed by atoms with E-state index >= 15 is 0 Å². The second-order valence-corrected chi connectivity index (χ2v) is 5.99. The zero-order valence-electron chi connectivity index (χ0n) is 13.3. The van der Waals surface area contributed by atoms with Crippen molar-refractivity contribution >= 4 is 29.1 Å². The van der Waals surface area contributed by atoms with Gasteiger partial charge in [0.25, 0.3) is 11.8 Å². The first kappa shape index (κ1) is 17.7. The maximum absolute atomic E-state index is 11.8. The predicted molar refractivity (Wildman–Crippen MR) is 92.9 cm³/mol. The van der Waals surface area contributed by atoms with Gasteiger partial charge >= 0.3 is 0 Å². The SMILES string of the molecule is CNC(=O)c1cccc(CNC(=O)CCNC(=O)c2cccs2)c1. The van der Waals surface area contributed by atoms with Crippen LogP contribution in [-0.2, 0) is 11.3 Å². The molecule has 0 radical (unpaired) electrons. The van der Waals surface area contributed by atoms with E-state index in [1.54, 1.807) is 37.4 Å². The molecular weight excluding hydrogens is 326 g/mol. The first-order chi connectivity index (χ1) is 11.6. The van der Waals surface area contributed by atoms with Crippen LogP contribution in [0.2, 0.25) is 0 Å². The molecule has 0 aliphatic heterocycles. The van der Waals surface area contributed by atoms with Gasteiger partial charge in [0.2, 0.25) is 5.91 Å². The van der Waals surface area contributed by atoms with Crippen LogP contribution in [-0.4, -0.2) is 31.3 Å². The van der Waals surface area contributed by atoms with E-state index in [0.29, 0.717) is 17.0 Å². The van der Waals surface area contributed by atoms with Crippen LogP contribution in [0.4, 0.5) is 0 Å². The molecule has 3 amide bonds. The van der Waals surface area contributed by atoms with Gasteiger partial charge in [-0.25, -0.2) is 0 Å². The maximum Gasteiger partial charge on any atom is 0.261 e. The molecule has 6 nitrogen and oxygen atoms in total. The van der Waals surface area contributed by atoms with Crippen molar-refractivity contribution in [1.82, 2.24) is 16.0 Å². The number of carbonyl (C=O) groups is 3. The molecule has 7 heteroatoms. The Labute approximate surface area is 144 Å². The number of nitrogens with one attached hydrogen (secondary N) is 3. The molecule has 0 saturated carbocycles. The number of amides is 3. The molecule has 0 aliphatic rings. The van der Waals surface area contributed by atoms with Crippen LogP contribution in [0.3, 0.4) is 0 Å². The number of hydrogen-bond donors (Lipinski definition) is 3. The van der Waals surface area contributed by atoms with Crippen LogP contribution >= 0.6 is 11.3 Å². The monoisotopic (exact) mass is 345 g/mol. The molecule has 2 aromatic rings. The Balaban J connectivity index is 1.73. The fourth-order valence-corrected chi connectivity index (χ4v) is 2.68. The molecular formula is C17H19N3O3S. The highest BCUT2D eigenvalue weighted by Crippen LogP contribution is 2.07. The van der Waals surface area contributed by atoms with Crippen LogP contribution in [0.1, 0.15) is 32.0 Å². The van der Waals surface area contributed by atoms with Gasteiger partial charge in [-0.1, -0.05) is 18.2 Å². The fraction of sp³-hybridized carbons (Fsp3) is 0.235. The molecule has 3 N–H and O–H groups in total. The van der Waals surface area contributed by atoms with E-state index in [1.807, 2.05) is 11.4 Å². The third kappa shape index (κ3) is 5.20. The molecule has 1 aromatic heterocycles. The minimum atomic E-state index is -0.170. The lowest BCUT2D eigenvalue weighted by atomic mass is 10.1. The average Bonchev–Trinajstić information content (AvgIpc) is 3.14. The lowest BCUT2D eigenvalue weighted by Crippen LogP contribution is -2.30. The van der Waals surface area contributed by atoms with Crippen LogP contribution in [0.5, 0.6) is 0 Å². The summed E-state index contributed by atoms with van der Waals surface area (Å²) >= 11 is 1.36. The highest BCUT2D eigenvalue weighted by Gasteiger charge is 2.08. The summed E-state index contributed by atoms with van der Waals surface area (Å²) in [5.41, 5.74) is 1.39. The van der Waals surface area contributed by atoms with Gasteiger partial charge in [-0.05, 0) is 29.1 Å². The van der Waals surface area contributed by atoms with E-state index in [9.17, 15) is 14.4 Å². The Kier molecular flexibility index (Phi) is 6.51. The highest BCUT2D eigenvalue weighted by atomic mass is 32.1. The first-order valence-corrected chi connectivity index (χ1v) is 8.37. The summed E-state index contributed by atoms with van der Waals surface area (Å²) in [6.07, 6.45) is 0.201. The largest absolute Gasteiger partial charge is 0.355 e. The van der Waals surface area contributed by atoms with Gasteiger partial charge in [0, 0.05) is 32.1 Å². The van der Waals surface area contributed by atoms with Crippen molar-refractivity contribution in [3.63, 3.8) is 0 Å². The minimum absolute atomic E-state index is 0.160. The number of benzene rings is 1. The summed E-state index contributed by atoms with van der Waals surface area (Å²) in [5.74, 6) is -0.498. The van der Waals surface area contributed by atoms with Gasteiger partial charge in [0.15, 0.2) is 0 Å². The van der Waals surface area contributed by atoms with Crippen LogP contribution in [0.25, 0.3) is 0 Å². The van der Waals surface area contributed by atoms with Crippen molar-refractivity contribution in [1.29, 1.82) is 0 Å². The minimum Gasteiger partial charge on any atom is -0.355 e. The van der Waals surface area contributed by atoms with Gasteiger partial charge in [0.05, 0.1) is 4.88 Å². The maximum atomic E-state index is 11.8. The molecule has 1 aromatic carbocycles.